The molecule has 0 amide bonds. The molecule has 3 aromatic rings. The van der Waals surface area contributed by atoms with Crippen molar-refractivity contribution in [3.05, 3.63) is 57.6 Å². The van der Waals surface area contributed by atoms with E-state index < -0.39 is 0 Å². The summed E-state index contributed by atoms with van der Waals surface area (Å²) in [6.45, 7) is 8.32. The van der Waals surface area contributed by atoms with Crippen LogP contribution in [0.25, 0.3) is 0 Å². The molecule has 28 heavy (non-hydrogen) atoms. The maximum absolute atomic E-state index is 6.03. The first-order chi connectivity index (χ1) is 13.6. The summed E-state index contributed by atoms with van der Waals surface area (Å²) in [6, 6.07) is 12.2. The van der Waals surface area contributed by atoms with Crippen LogP contribution in [0.15, 0.2) is 40.9 Å². The minimum absolute atomic E-state index is 0.482. The minimum Gasteiger partial charge on any atom is -0.490 e. The van der Waals surface area contributed by atoms with Crippen LogP contribution >= 0.6 is 15.9 Å². The van der Waals surface area contributed by atoms with E-state index in [1.54, 1.807) is 4.68 Å². The van der Waals surface area contributed by atoms with Crippen molar-refractivity contribution >= 4 is 21.9 Å². The molecule has 0 atom stereocenters. The molecule has 0 aliphatic rings. The van der Waals surface area contributed by atoms with Crippen molar-refractivity contribution in [2.75, 3.05) is 11.9 Å². The molecule has 7 nitrogen and oxygen atoms in total. The highest BCUT2D eigenvalue weighted by molar-refractivity contribution is 9.10. The molecule has 148 valence electrons. The maximum atomic E-state index is 6.03. The van der Waals surface area contributed by atoms with Gasteiger partial charge in [0.2, 0.25) is 5.95 Å². The van der Waals surface area contributed by atoms with Gasteiger partial charge in [-0.2, -0.15) is 0 Å². The van der Waals surface area contributed by atoms with Crippen LogP contribution in [-0.2, 0) is 19.7 Å². The number of benzene rings is 2. The van der Waals surface area contributed by atoms with Gasteiger partial charge < -0.3 is 14.8 Å². The van der Waals surface area contributed by atoms with Gasteiger partial charge in [0.25, 0.3) is 0 Å². The van der Waals surface area contributed by atoms with E-state index in [1.165, 1.54) is 5.56 Å². The average Bonchev–Trinajstić information content (AvgIpc) is 3.16. The van der Waals surface area contributed by atoms with Gasteiger partial charge in [0, 0.05) is 17.6 Å². The van der Waals surface area contributed by atoms with Crippen molar-refractivity contribution in [2.45, 2.75) is 40.5 Å². The summed E-state index contributed by atoms with van der Waals surface area (Å²) in [4.78, 5) is 0. The standard InChI is InChI=1S/C20H24BrN5O2/c1-4-26-20(23-24-25-26)22-12-16-10-18(27-5-2)19(11-17(16)21)28-13-15-8-6-14(3)7-9-15/h6-11H,4-5,12-13H2,1-3H3,(H,22,23,25). The van der Waals surface area contributed by atoms with Crippen LogP contribution in [0.5, 0.6) is 11.5 Å². The number of nitrogens with zero attached hydrogens (tertiary/aromatic N) is 4. The Labute approximate surface area is 173 Å². The Kier molecular flexibility index (Phi) is 6.86. The molecule has 0 aliphatic carbocycles. The monoisotopic (exact) mass is 445 g/mol. The van der Waals surface area contributed by atoms with Crippen LogP contribution in [-0.4, -0.2) is 26.8 Å². The van der Waals surface area contributed by atoms with Gasteiger partial charge in [0.15, 0.2) is 11.5 Å². The molecule has 0 unspecified atom stereocenters. The van der Waals surface area contributed by atoms with Crippen molar-refractivity contribution in [1.29, 1.82) is 0 Å². The molecule has 0 aliphatic heterocycles. The Hall–Kier alpha value is -2.61. The summed E-state index contributed by atoms with van der Waals surface area (Å²) in [5.74, 6) is 2.05. The molecule has 0 bridgehead atoms. The highest BCUT2D eigenvalue weighted by atomic mass is 79.9. The van der Waals surface area contributed by atoms with Gasteiger partial charge in [-0.25, -0.2) is 4.68 Å². The van der Waals surface area contributed by atoms with E-state index in [2.05, 4.69) is 68.0 Å². The topological polar surface area (TPSA) is 74.1 Å². The number of aromatic nitrogens is 4. The molecule has 0 radical (unpaired) electrons. The number of hydrogen-bond acceptors (Lipinski definition) is 6. The molecule has 1 N–H and O–H groups in total. The first-order valence-corrected chi connectivity index (χ1v) is 10.0. The van der Waals surface area contributed by atoms with E-state index in [4.69, 9.17) is 9.47 Å². The second-order valence-corrected chi connectivity index (χ2v) is 7.12. The number of rotatable bonds is 9. The number of tetrazole rings is 1. The van der Waals surface area contributed by atoms with E-state index in [0.29, 0.717) is 43.8 Å². The Bertz CT molecular complexity index is 911. The fourth-order valence-corrected chi connectivity index (χ4v) is 3.12. The highest BCUT2D eigenvalue weighted by Crippen LogP contribution is 2.34. The van der Waals surface area contributed by atoms with Crippen molar-refractivity contribution in [3.63, 3.8) is 0 Å². The summed E-state index contributed by atoms with van der Waals surface area (Å²) in [5, 5.41) is 14.9. The Morgan fingerprint density at radius 1 is 1.07 bits per heavy atom. The molecule has 1 aromatic heterocycles. The van der Waals surface area contributed by atoms with Gasteiger partial charge in [0.05, 0.1) is 6.61 Å². The van der Waals surface area contributed by atoms with Crippen LogP contribution in [0.4, 0.5) is 5.95 Å². The second-order valence-electron chi connectivity index (χ2n) is 6.27. The molecule has 8 heteroatoms. The number of anilines is 1. The van der Waals surface area contributed by atoms with Crippen LogP contribution in [0.2, 0.25) is 0 Å². The average molecular weight is 446 g/mol. The smallest absolute Gasteiger partial charge is 0.243 e. The molecule has 2 aromatic carbocycles. The summed E-state index contributed by atoms with van der Waals surface area (Å²) < 4.78 is 14.5. The van der Waals surface area contributed by atoms with Crippen molar-refractivity contribution in [2.24, 2.45) is 0 Å². The zero-order valence-electron chi connectivity index (χ0n) is 16.3. The van der Waals surface area contributed by atoms with Gasteiger partial charge >= 0.3 is 0 Å². The van der Waals surface area contributed by atoms with E-state index in [0.717, 1.165) is 15.6 Å². The van der Waals surface area contributed by atoms with Gasteiger partial charge in [-0.05, 0) is 54.5 Å². The number of nitrogens with one attached hydrogen (secondary N) is 1. The lowest BCUT2D eigenvalue weighted by atomic mass is 10.1. The van der Waals surface area contributed by atoms with E-state index in [-0.39, 0.29) is 0 Å². The normalized spacial score (nSPS) is 10.7. The maximum Gasteiger partial charge on any atom is 0.243 e. The molecule has 0 saturated heterocycles. The quantitative estimate of drug-likeness (QED) is 0.527. The predicted octanol–water partition coefficient (Wildman–Crippen LogP) is 4.35. The lowest BCUT2D eigenvalue weighted by Crippen LogP contribution is -2.09. The first-order valence-electron chi connectivity index (χ1n) is 9.24. The van der Waals surface area contributed by atoms with Gasteiger partial charge in [0.1, 0.15) is 6.61 Å². The SMILES string of the molecule is CCOc1cc(CNc2nnnn2CC)c(Br)cc1OCc1ccc(C)cc1. The first kappa shape index (κ1) is 20.1. The zero-order chi connectivity index (χ0) is 19.9. The minimum atomic E-state index is 0.482. The Morgan fingerprint density at radius 3 is 2.54 bits per heavy atom. The van der Waals surface area contributed by atoms with Gasteiger partial charge in [-0.1, -0.05) is 50.9 Å². The van der Waals surface area contributed by atoms with Crippen LogP contribution in [0.1, 0.15) is 30.5 Å². The third-order valence-corrected chi connectivity index (χ3v) is 4.93. The van der Waals surface area contributed by atoms with Crippen molar-refractivity contribution in [1.82, 2.24) is 20.2 Å². The fraction of sp³-hybridized carbons (Fsp3) is 0.350. The van der Waals surface area contributed by atoms with E-state index >= 15 is 0 Å². The third-order valence-electron chi connectivity index (χ3n) is 4.20. The van der Waals surface area contributed by atoms with Crippen molar-refractivity contribution in [3.8, 4) is 11.5 Å². The molecular formula is C20H24BrN5O2. The molecule has 1 heterocycles. The van der Waals surface area contributed by atoms with Crippen LogP contribution < -0.4 is 14.8 Å². The summed E-state index contributed by atoms with van der Waals surface area (Å²) >= 11 is 3.63. The van der Waals surface area contributed by atoms with E-state index in [1.807, 2.05) is 26.0 Å². The molecule has 0 fully saturated rings. The lowest BCUT2D eigenvalue weighted by molar-refractivity contribution is 0.269. The van der Waals surface area contributed by atoms with Gasteiger partial charge in [-0.15, -0.1) is 0 Å². The molecule has 0 spiro atoms. The lowest BCUT2D eigenvalue weighted by Gasteiger charge is -2.15. The second kappa shape index (κ2) is 9.54. The summed E-state index contributed by atoms with van der Waals surface area (Å²) in [7, 11) is 0. The summed E-state index contributed by atoms with van der Waals surface area (Å²) in [5.41, 5.74) is 3.37. The number of halogens is 1. The molecular weight excluding hydrogens is 422 g/mol. The fourth-order valence-electron chi connectivity index (χ4n) is 2.66. The zero-order valence-corrected chi connectivity index (χ0v) is 17.9. The number of ether oxygens (including phenoxy) is 2. The largest absolute Gasteiger partial charge is 0.490 e. The number of hydrogen-bond donors (Lipinski definition) is 1. The van der Waals surface area contributed by atoms with Crippen molar-refractivity contribution < 1.29 is 9.47 Å². The molecule has 0 saturated carbocycles. The molecule has 3 rings (SSSR count). The highest BCUT2D eigenvalue weighted by Gasteiger charge is 2.12. The van der Waals surface area contributed by atoms with Crippen LogP contribution in [0, 0.1) is 6.92 Å². The summed E-state index contributed by atoms with van der Waals surface area (Å²) in [6.07, 6.45) is 0. The Balaban J connectivity index is 1.74. The van der Waals surface area contributed by atoms with E-state index in [9.17, 15) is 0 Å². The van der Waals surface area contributed by atoms with Crippen LogP contribution in [0.3, 0.4) is 0 Å². The Morgan fingerprint density at radius 2 is 1.82 bits per heavy atom. The third kappa shape index (κ3) is 5.01. The van der Waals surface area contributed by atoms with Gasteiger partial charge in [-0.3, -0.25) is 0 Å². The predicted molar refractivity (Wildman–Crippen MR) is 112 cm³/mol. The number of aryl methyl sites for hydroxylation is 2.